The summed E-state index contributed by atoms with van der Waals surface area (Å²) >= 11 is 12.9. The minimum atomic E-state index is -0.943. The van der Waals surface area contributed by atoms with Crippen LogP contribution in [0.25, 0.3) is 5.69 Å². The molecule has 0 atom stereocenters. The van der Waals surface area contributed by atoms with E-state index in [1.807, 2.05) is 57.0 Å². The summed E-state index contributed by atoms with van der Waals surface area (Å²) in [6.07, 6.45) is 0. The second kappa shape index (κ2) is 11.2. The lowest BCUT2D eigenvalue weighted by atomic mass is 10.1. The molecule has 192 valence electrons. The molecular weight excluding hydrogens is 511 g/mol. The number of carboxylic acid groups (broad SMARTS) is 1. The van der Waals surface area contributed by atoms with Crippen LogP contribution < -0.4 is 9.64 Å². The first-order valence-electron chi connectivity index (χ1n) is 11.8. The number of carbonyl (C=O) groups is 1. The van der Waals surface area contributed by atoms with Crippen molar-refractivity contribution in [1.82, 2.24) is 15.0 Å². The van der Waals surface area contributed by atoms with Crippen molar-refractivity contribution in [2.45, 2.75) is 39.8 Å². The molecule has 0 bridgehead atoms. The first-order valence-corrected chi connectivity index (χ1v) is 12.6. The van der Waals surface area contributed by atoms with E-state index in [1.54, 1.807) is 41.1 Å². The molecule has 1 heterocycles. The van der Waals surface area contributed by atoms with Crippen LogP contribution in [0, 0.1) is 6.92 Å². The largest absolute Gasteiger partial charge is 0.487 e. The molecule has 37 heavy (non-hydrogen) atoms. The number of hydrogen-bond donors (Lipinski definition) is 1. The van der Waals surface area contributed by atoms with Gasteiger partial charge in [-0.15, -0.1) is 5.10 Å². The number of nitrogens with zero attached hydrogens (tertiary/aromatic N) is 4. The van der Waals surface area contributed by atoms with Crippen LogP contribution in [-0.2, 0) is 13.2 Å². The Labute approximate surface area is 226 Å². The van der Waals surface area contributed by atoms with E-state index >= 15 is 0 Å². The van der Waals surface area contributed by atoms with Gasteiger partial charge in [-0.3, -0.25) is 0 Å². The monoisotopic (exact) mass is 538 g/mol. The lowest BCUT2D eigenvalue weighted by molar-refractivity contribution is 0.0697. The number of ether oxygens (including phenoxy) is 1. The molecule has 1 N–H and O–H groups in total. The highest BCUT2D eigenvalue weighted by Gasteiger charge is 2.21. The van der Waals surface area contributed by atoms with E-state index in [4.69, 9.17) is 27.9 Å². The van der Waals surface area contributed by atoms with E-state index in [0.29, 0.717) is 28.0 Å². The van der Waals surface area contributed by atoms with Crippen LogP contribution in [0.1, 0.15) is 52.6 Å². The molecule has 0 saturated heterocycles. The summed E-state index contributed by atoms with van der Waals surface area (Å²) in [5.74, 6) is -0.0979. The smallest absolute Gasteiger partial charge is 0.335 e. The number of benzene rings is 3. The van der Waals surface area contributed by atoms with E-state index in [1.165, 1.54) is 0 Å². The van der Waals surface area contributed by atoms with Crippen molar-refractivity contribution in [3.05, 3.63) is 98.8 Å². The molecule has 0 saturated carbocycles. The number of aromatic carboxylic acids is 1. The molecule has 1 aromatic heterocycles. The SMILES string of the molecule is Cc1cc(OCc2c(C(C)C)nnn2-c2c(Cl)cccc2Cl)ccc1CN(C)c1cccc(C(=O)O)c1. The number of hydrogen-bond acceptors (Lipinski definition) is 5. The van der Waals surface area contributed by atoms with Crippen molar-refractivity contribution in [1.29, 1.82) is 0 Å². The Bertz CT molecular complexity index is 1410. The zero-order valence-electron chi connectivity index (χ0n) is 21.1. The lowest BCUT2D eigenvalue weighted by Gasteiger charge is -2.21. The third kappa shape index (κ3) is 5.89. The minimum Gasteiger partial charge on any atom is -0.487 e. The number of carboxylic acids is 1. The van der Waals surface area contributed by atoms with E-state index in [2.05, 4.69) is 10.3 Å². The third-order valence-corrected chi connectivity index (χ3v) is 6.73. The summed E-state index contributed by atoms with van der Waals surface area (Å²) in [4.78, 5) is 13.3. The maximum Gasteiger partial charge on any atom is 0.335 e. The van der Waals surface area contributed by atoms with Gasteiger partial charge in [0.05, 0.1) is 21.3 Å². The molecule has 9 heteroatoms. The Hall–Kier alpha value is -3.55. The summed E-state index contributed by atoms with van der Waals surface area (Å²) in [7, 11) is 1.94. The number of para-hydroxylation sites is 1. The first kappa shape index (κ1) is 26.5. The van der Waals surface area contributed by atoms with Crippen LogP contribution in [0.5, 0.6) is 5.75 Å². The van der Waals surface area contributed by atoms with E-state index in [9.17, 15) is 9.90 Å². The van der Waals surface area contributed by atoms with Crippen molar-refractivity contribution in [2.24, 2.45) is 0 Å². The fraction of sp³-hybridized carbons (Fsp3) is 0.250. The van der Waals surface area contributed by atoms with Gasteiger partial charge < -0.3 is 14.7 Å². The second-order valence-corrected chi connectivity index (χ2v) is 9.96. The quantitative estimate of drug-likeness (QED) is 0.249. The zero-order chi connectivity index (χ0) is 26.7. The molecule has 0 amide bonds. The van der Waals surface area contributed by atoms with Crippen molar-refractivity contribution in [2.75, 3.05) is 11.9 Å². The standard InChI is InChI=1S/C28H28Cl2N4O3/c1-17(2)26-25(34(32-31-26)27-23(29)9-6-10-24(27)30)16-37-22-12-11-20(18(3)13-22)15-33(4)21-8-5-7-19(14-21)28(35)36/h5-14,17H,15-16H2,1-4H3,(H,35,36). The molecule has 4 rings (SSSR count). The summed E-state index contributed by atoms with van der Waals surface area (Å²) in [5, 5.41) is 18.9. The molecular formula is C28H28Cl2N4O3. The molecule has 0 aliphatic carbocycles. The second-order valence-electron chi connectivity index (χ2n) is 9.15. The van der Waals surface area contributed by atoms with Gasteiger partial charge in [-0.05, 0) is 66.4 Å². The maximum absolute atomic E-state index is 11.3. The highest BCUT2D eigenvalue weighted by atomic mass is 35.5. The number of halogens is 2. The molecule has 0 aliphatic rings. The van der Waals surface area contributed by atoms with E-state index in [0.717, 1.165) is 28.2 Å². The number of anilines is 1. The maximum atomic E-state index is 11.3. The molecule has 0 fully saturated rings. The molecule has 4 aromatic rings. The van der Waals surface area contributed by atoms with Gasteiger partial charge in [-0.25, -0.2) is 9.48 Å². The molecule has 0 unspecified atom stereocenters. The van der Waals surface area contributed by atoms with Crippen molar-refractivity contribution >= 4 is 34.9 Å². The van der Waals surface area contributed by atoms with Gasteiger partial charge in [0.25, 0.3) is 0 Å². The Morgan fingerprint density at radius 2 is 1.78 bits per heavy atom. The van der Waals surface area contributed by atoms with Crippen LogP contribution >= 0.6 is 23.2 Å². The highest BCUT2D eigenvalue weighted by Crippen LogP contribution is 2.31. The zero-order valence-corrected chi connectivity index (χ0v) is 22.6. The Balaban J connectivity index is 1.53. The van der Waals surface area contributed by atoms with Gasteiger partial charge in [0.15, 0.2) is 0 Å². The van der Waals surface area contributed by atoms with Gasteiger partial charge in [0, 0.05) is 19.3 Å². The predicted molar refractivity (Wildman–Crippen MR) is 146 cm³/mol. The van der Waals surface area contributed by atoms with Crippen molar-refractivity contribution < 1.29 is 14.6 Å². The fourth-order valence-electron chi connectivity index (χ4n) is 4.08. The van der Waals surface area contributed by atoms with E-state index in [-0.39, 0.29) is 18.1 Å². The summed E-state index contributed by atoms with van der Waals surface area (Å²) in [6, 6.07) is 18.2. The Morgan fingerprint density at radius 1 is 1.08 bits per heavy atom. The van der Waals surface area contributed by atoms with Crippen molar-refractivity contribution in [3.8, 4) is 11.4 Å². The van der Waals surface area contributed by atoms with Gasteiger partial charge in [0.1, 0.15) is 23.7 Å². The Kier molecular flexibility index (Phi) is 8.05. The lowest BCUT2D eigenvalue weighted by Crippen LogP contribution is -2.17. The average molecular weight is 539 g/mol. The number of aromatic nitrogens is 3. The summed E-state index contributed by atoms with van der Waals surface area (Å²) in [5.41, 5.74) is 5.43. The summed E-state index contributed by atoms with van der Waals surface area (Å²) in [6.45, 7) is 6.98. The Morgan fingerprint density at radius 3 is 2.43 bits per heavy atom. The molecule has 7 nitrogen and oxygen atoms in total. The van der Waals surface area contributed by atoms with E-state index < -0.39 is 5.97 Å². The number of rotatable bonds is 9. The first-order chi connectivity index (χ1) is 17.7. The topological polar surface area (TPSA) is 80.5 Å². The van der Waals surface area contributed by atoms with Crippen LogP contribution in [0.3, 0.4) is 0 Å². The average Bonchev–Trinajstić information content (AvgIpc) is 3.28. The van der Waals surface area contributed by atoms with Gasteiger partial charge in [0.2, 0.25) is 0 Å². The molecule has 0 radical (unpaired) electrons. The van der Waals surface area contributed by atoms with Crippen molar-refractivity contribution in [3.63, 3.8) is 0 Å². The number of aryl methyl sites for hydroxylation is 1. The van der Waals surface area contributed by atoms with Gasteiger partial charge in [-0.1, -0.05) is 60.5 Å². The summed E-state index contributed by atoms with van der Waals surface area (Å²) < 4.78 is 7.84. The van der Waals surface area contributed by atoms with Crippen LogP contribution in [-0.4, -0.2) is 33.1 Å². The van der Waals surface area contributed by atoms with Gasteiger partial charge >= 0.3 is 5.97 Å². The normalized spacial score (nSPS) is 11.1. The molecule has 0 spiro atoms. The minimum absolute atomic E-state index is 0.132. The third-order valence-electron chi connectivity index (χ3n) is 6.12. The van der Waals surface area contributed by atoms with Crippen LogP contribution in [0.15, 0.2) is 60.7 Å². The van der Waals surface area contributed by atoms with Crippen LogP contribution in [0.4, 0.5) is 5.69 Å². The fourth-order valence-corrected chi connectivity index (χ4v) is 4.64. The van der Waals surface area contributed by atoms with Gasteiger partial charge in [-0.2, -0.15) is 0 Å². The highest BCUT2D eigenvalue weighted by molar-refractivity contribution is 6.37. The molecule has 0 aliphatic heterocycles. The predicted octanol–water partition coefficient (Wildman–Crippen LogP) is 6.92. The van der Waals surface area contributed by atoms with Crippen LogP contribution in [0.2, 0.25) is 10.0 Å². The molecule has 3 aromatic carbocycles.